The first kappa shape index (κ1) is 14.1. The van der Waals surface area contributed by atoms with Crippen LogP contribution in [0.3, 0.4) is 0 Å². The van der Waals surface area contributed by atoms with Crippen LogP contribution in [0.25, 0.3) is 11.0 Å². The SMILES string of the molecule is CCc1ccc2oc(C(=O)NCC3(CO)CC3)c(C)c2c1. The summed E-state index contributed by atoms with van der Waals surface area (Å²) in [5.74, 6) is 0.188. The molecule has 1 fully saturated rings. The highest BCUT2D eigenvalue weighted by Gasteiger charge is 2.42. The van der Waals surface area contributed by atoms with E-state index in [9.17, 15) is 9.90 Å². The number of rotatable bonds is 5. The molecule has 0 spiro atoms. The highest BCUT2D eigenvalue weighted by atomic mass is 16.3. The predicted octanol–water partition coefficient (Wildman–Crippen LogP) is 2.81. The van der Waals surface area contributed by atoms with Gasteiger partial charge in [-0.25, -0.2) is 0 Å². The summed E-state index contributed by atoms with van der Waals surface area (Å²) in [4.78, 5) is 12.3. The van der Waals surface area contributed by atoms with E-state index in [4.69, 9.17) is 4.42 Å². The van der Waals surface area contributed by atoms with Crippen LogP contribution in [0.2, 0.25) is 0 Å². The zero-order chi connectivity index (χ0) is 15.0. The minimum atomic E-state index is -0.193. The van der Waals surface area contributed by atoms with Crippen LogP contribution < -0.4 is 5.32 Å². The van der Waals surface area contributed by atoms with Gasteiger partial charge < -0.3 is 14.8 Å². The number of hydrogen-bond donors (Lipinski definition) is 2. The molecule has 1 heterocycles. The molecule has 0 bridgehead atoms. The molecule has 4 nitrogen and oxygen atoms in total. The highest BCUT2D eigenvalue weighted by molar-refractivity contribution is 5.99. The van der Waals surface area contributed by atoms with Crippen molar-refractivity contribution < 1.29 is 14.3 Å². The number of furan rings is 1. The summed E-state index contributed by atoms with van der Waals surface area (Å²) in [6.07, 6.45) is 2.91. The Balaban J connectivity index is 1.82. The maximum Gasteiger partial charge on any atom is 0.287 e. The Morgan fingerprint density at radius 2 is 2.19 bits per heavy atom. The van der Waals surface area contributed by atoms with Crippen LogP contribution in [0.15, 0.2) is 22.6 Å². The number of carbonyl (C=O) groups is 1. The number of nitrogens with one attached hydrogen (secondary N) is 1. The van der Waals surface area contributed by atoms with Crippen molar-refractivity contribution in [3.63, 3.8) is 0 Å². The first-order valence-corrected chi connectivity index (χ1v) is 7.50. The Labute approximate surface area is 124 Å². The van der Waals surface area contributed by atoms with Gasteiger partial charge in [-0.2, -0.15) is 0 Å². The predicted molar refractivity (Wildman–Crippen MR) is 81.4 cm³/mol. The summed E-state index contributed by atoms with van der Waals surface area (Å²) in [7, 11) is 0. The number of amides is 1. The van der Waals surface area contributed by atoms with E-state index in [1.54, 1.807) is 0 Å². The Morgan fingerprint density at radius 1 is 1.43 bits per heavy atom. The highest BCUT2D eigenvalue weighted by Crippen LogP contribution is 2.44. The van der Waals surface area contributed by atoms with Gasteiger partial charge in [-0.05, 0) is 43.9 Å². The van der Waals surface area contributed by atoms with Gasteiger partial charge in [-0.15, -0.1) is 0 Å². The molecule has 1 aromatic carbocycles. The second-order valence-corrected chi connectivity index (χ2v) is 6.08. The minimum Gasteiger partial charge on any atom is -0.451 e. The van der Waals surface area contributed by atoms with Gasteiger partial charge in [0.15, 0.2) is 5.76 Å². The molecular weight excluding hydrogens is 266 g/mol. The molecule has 3 rings (SSSR count). The number of benzene rings is 1. The molecule has 0 radical (unpaired) electrons. The minimum absolute atomic E-state index is 0.0923. The third-order valence-electron chi connectivity index (χ3n) is 4.53. The maximum absolute atomic E-state index is 12.3. The summed E-state index contributed by atoms with van der Waals surface area (Å²) >= 11 is 0. The number of carbonyl (C=O) groups excluding carboxylic acids is 1. The molecular formula is C17H21NO3. The van der Waals surface area contributed by atoms with Gasteiger partial charge in [0.1, 0.15) is 5.58 Å². The zero-order valence-electron chi connectivity index (χ0n) is 12.5. The summed E-state index contributed by atoms with van der Waals surface area (Å²) in [6, 6.07) is 6.03. The molecule has 1 aromatic heterocycles. The van der Waals surface area contributed by atoms with Crippen molar-refractivity contribution in [2.75, 3.05) is 13.2 Å². The van der Waals surface area contributed by atoms with E-state index in [2.05, 4.69) is 18.3 Å². The van der Waals surface area contributed by atoms with Crippen molar-refractivity contribution in [1.82, 2.24) is 5.32 Å². The Bertz CT molecular complexity index is 683. The van der Waals surface area contributed by atoms with Crippen LogP contribution in [0.1, 0.15) is 41.4 Å². The molecule has 21 heavy (non-hydrogen) atoms. The van der Waals surface area contributed by atoms with Crippen molar-refractivity contribution in [3.8, 4) is 0 Å². The van der Waals surface area contributed by atoms with Crippen molar-refractivity contribution in [2.24, 2.45) is 5.41 Å². The van der Waals surface area contributed by atoms with Crippen LogP contribution in [0.4, 0.5) is 0 Å². The average molecular weight is 287 g/mol. The number of fused-ring (bicyclic) bond motifs is 1. The number of aliphatic hydroxyl groups excluding tert-OH is 1. The molecule has 112 valence electrons. The number of aryl methyl sites for hydroxylation is 2. The zero-order valence-corrected chi connectivity index (χ0v) is 12.5. The topological polar surface area (TPSA) is 62.5 Å². The van der Waals surface area contributed by atoms with Crippen molar-refractivity contribution in [3.05, 3.63) is 35.1 Å². The quantitative estimate of drug-likeness (QED) is 0.889. The van der Waals surface area contributed by atoms with Crippen LogP contribution in [-0.4, -0.2) is 24.2 Å². The molecule has 1 amide bonds. The van der Waals surface area contributed by atoms with Crippen LogP contribution in [0, 0.1) is 12.3 Å². The van der Waals surface area contributed by atoms with Gasteiger partial charge in [0.25, 0.3) is 5.91 Å². The number of hydrogen-bond acceptors (Lipinski definition) is 3. The number of aliphatic hydroxyl groups is 1. The summed E-state index contributed by atoms with van der Waals surface area (Å²) in [5.41, 5.74) is 2.77. The molecule has 0 saturated heterocycles. The van der Waals surface area contributed by atoms with Crippen molar-refractivity contribution in [1.29, 1.82) is 0 Å². The molecule has 1 saturated carbocycles. The lowest BCUT2D eigenvalue weighted by Crippen LogP contribution is -2.31. The first-order chi connectivity index (χ1) is 10.1. The molecule has 2 N–H and O–H groups in total. The Hall–Kier alpha value is -1.81. The third-order valence-corrected chi connectivity index (χ3v) is 4.53. The first-order valence-electron chi connectivity index (χ1n) is 7.50. The summed E-state index contributed by atoms with van der Waals surface area (Å²) in [6.45, 7) is 4.67. The molecule has 0 unspecified atom stereocenters. The van der Waals surface area contributed by atoms with E-state index in [1.807, 2.05) is 19.1 Å². The standard InChI is InChI=1S/C17H21NO3/c1-3-12-4-5-14-13(8-12)11(2)15(21-14)16(20)18-9-17(10-19)6-7-17/h4-5,8,19H,3,6-7,9-10H2,1-2H3,(H,18,20). The molecule has 1 aliphatic rings. The second kappa shape index (κ2) is 5.19. The normalized spacial score (nSPS) is 16.1. The van der Waals surface area contributed by atoms with E-state index in [0.717, 1.165) is 35.8 Å². The van der Waals surface area contributed by atoms with Gasteiger partial charge in [0.2, 0.25) is 0 Å². The summed E-state index contributed by atoms with van der Waals surface area (Å²) in [5, 5.41) is 13.2. The second-order valence-electron chi connectivity index (χ2n) is 6.08. The molecule has 0 atom stereocenters. The van der Waals surface area contributed by atoms with Gasteiger partial charge in [-0.3, -0.25) is 4.79 Å². The van der Waals surface area contributed by atoms with E-state index >= 15 is 0 Å². The van der Waals surface area contributed by atoms with Crippen LogP contribution >= 0.6 is 0 Å². The maximum atomic E-state index is 12.3. The van der Waals surface area contributed by atoms with E-state index in [0.29, 0.717) is 12.3 Å². The van der Waals surface area contributed by atoms with E-state index in [-0.39, 0.29) is 17.9 Å². The average Bonchev–Trinajstić information content (AvgIpc) is 3.23. The summed E-state index contributed by atoms with van der Waals surface area (Å²) < 4.78 is 5.70. The Kier molecular flexibility index (Phi) is 3.49. The van der Waals surface area contributed by atoms with Crippen molar-refractivity contribution >= 4 is 16.9 Å². The van der Waals surface area contributed by atoms with Crippen molar-refractivity contribution in [2.45, 2.75) is 33.1 Å². The monoisotopic (exact) mass is 287 g/mol. The fourth-order valence-electron chi connectivity index (χ4n) is 2.62. The van der Waals surface area contributed by atoms with Gasteiger partial charge in [-0.1, -0.05) is 13.0 Å². The van der Waals surface area contributed by atoms with Gasteiger partial charge in [0.05, 0.1) is 6.61 Å². The lowest BCUT2D eigenvalue weighted by Gasteiger charge is -2.11. The molecule has 0 aliphatic heterocycles. The molecule has 4 heteroatoms. The lowest BCUT2D eigenvalue weighted by atomic mass is 10.1. The Morgan fingerprint density at radius 3 is 2.81 bits per heavy atom. The van der Waals surface area contributed by atoms with Crippen LogP contribution in [0.5, 0.6) is 0 Å². The largest absolute Gasteiger partial charge is 0.451 e. The lowest BCUT2D eigenvalue weighted by molar-refractivity contribution is 0.0909. The fourth-order valence-corrected chi connectivity index (χ4v) is 2.62. The third kappa shape index (κ3) is 2.56. The smallest absolute Gasteiger partial charge is 0.287 e. The molecule has 1 aliphatic carbocycles. The van der Waals surface area contributed by atoms with E-state index < -0.39 is 0 Å². The van der Waals surface area contributed by atoms with E-state index in [1.165, 1.54) is 5.56 Å². The fraction of sp³-hybridized carbons (Fsp3) is 0.471. The van der Waals surface area contributed by atoms with Gasteiger partial charge >= 0.3 is 0 Å². The molecule has 2 aromatic rings. The van der Waals surface area contributed by atoms with Gasteiger partial charge in [0, 0.05) is 22.9 Å². The van der Waals surface area contributed by atoms with Crippen LogP contribution in [-0.2, 0) is 6.42 Å².